The number of fused-ring (bicyclic) bond motifs is 1. The number of ether oxygens (including phenoxy) is 1. The Balaban J connectivity index is 1.29. The van der Waals surface area contributed by atoms with E-state index in [1.165, 1.54) is 11.3 Å². The molecule has 0 spiro atoms. The van der Waals surface area contributed by atoms with Gasteiger partial charge in [-0.15, -0.1) is 11.3 Å². The van der Waals surface area contributed by atoms with E-state index in [0.29, 0.717) is 30.3 Å². The van der Waals surface area contributed by atoms with Crippen LogP contribution in [0.15, 0.2) is 45.1 Å². The third kappa shape index (κ3) is 4.68. The van der Waals surface area contributed by atoms with Crippen LogP contribution in [0.4, 0.5) is 0 Å². The Morgan fingerprint density at radius 1 is 1.24 bits per heavy atom. The molecule has 3 heterocycles. The summed E-state index contributed by atoms with van der Waals surface area (Å²) < 4.78 is 8.08. The molecule has 4 rings (SSSR count). The van der Waals surface area contributed by atoms with Crippen molar-refractivity contribution in [3.05, 3.63) is 61.9 Å². The highest BCUT2D eigenvalue weighted by atomic mass is 79.9. The number of aromatic nitrogens is 2. The van der Waals surface area contributed by atoms with Gasteiger partial charge in [-0.3, -0.25) is 18.9 Å². The van der Waals surface area contributed by atoms with Crippen molar-refractivity contribution in [3.63, 3.8) is 0 Å². The van der Waals surface area contributed by atoms with E-state index in [9.17, 15) is 9.59 Å². The van der Waals surface area contributed by atoms with Crippen LogP contribution in [0.25, 0.3) is 4.96 Å². The SMILES string of the molecule is Cc1ccc(OCC(=O)N2CCN(Cc3cc(=O)n4ccsc4n3)CC2)c(Br)c1. The molecule has 0 radical (unpaired) electrons. The summed E-state index contributed by atoms with van der Waals surface area (Å²) in [6.07, 6.45) is 1.74. The fourth-order valence-corrected chi connectivity index (χ4v) is 4.65. The minimum absolute atomic E-state index is 0.0199. The van der Waals surface area contributed by atoms with Gasteiger partial charge in [0.15, 0.2) is 11.6 Å². The van der Waals surface area contributed by atoms with Crippen LogP contribution in [0, 0.1) is 6.92 Å². The summed E-state index contributed by atoms with van der Waals surface area (Å²) in [7, 11) is 0. The molecule has 0 N–H and O–H groups in total. The quantitative estimate of drug-likeness (QED) is 0.565. The minimum atomic E-state index is -0.0560. The van der Waals surface area contributed by atoms with Gasteiger partial charge in [0.2, 0.25) is 0 Å². The van der Waals surface area contributed by atoms with E-state index >= 15 is 0 Å². The molecule has 0 saturated carbocycles. The third-order valence-electron chi connectivity index (χ3n) is 4.91. The van der Waals surface area contributed by atoms with Crippen molar-refractivity contribution in [3.8, 4) is 5.75 Å². The van der Waals surface area contributed by atoms with Crippen LogP contribution in [-0.2, 0) is 11.3 Å². The molecule has 0 bridgehead atoms. The van der Waals surface area contributed by atoms with Gasteiger partial charge < -0.3 is 9.64 Å². The molecule has 0 atom stereocenters. The molecule has 9 heteroatoms. The molecule has 1 aromatic carbocycles. The van der Waals surface area contributed by atoms with Gasteiger partial charge in [-0.1, -0.05) is 6.07 Å². The Kier molecular flexibility index (Phi) is 5.98. The first-order valence-corrected chi connectivity index (χ1v) is 11.0. The second-order valence-corrected chi connectivity index (χ2v) is 8.75. The van der Waals surface area contributed by atoms with Crippen molar-refractivity contribution < 1.29 is 9.53 Å². The predicted molar refractivity (Wildman–Crippen MR) is 116 cm³/mol. The molecule has 2 aromatic heterocycles. The Bertz CT molecular complexity index is 1090. The number of carbonyl (C=O) groups excluding carboxylic acids is 1. The summed E-state index contributed by atoms with van der Waals surface area (Å²) in [5.74, 6) is 0.650. The van der Waals surface area contributed by atoms with Gasteiger partial charge in [-0.05, 0) is 40.5 Å². The molecule has 1 aliphatic rings. The monoisotopic (exact) mass is 476 g/mol. The smallest absolute Gasteiger partial charge is 0.260 e. The number of hydrogen-bond acceptors (Lipinski definition) is 6. The number of carbonyl (C=O) groups is 1. The lowest BCUT2D eigenvalue weighted by Crippen LogP contribution is -2.49. The molecule has 1 saturated heterocycles. The number of piperazine rings is 1. The van der Waals surface area contributed by atoms with Crippen LogP contribution in [0.3, 0.4) is 0 Å². The number of amides is 1. The van der Waals surface area contributed by atoms with Crippen LogP contribution in [-0.4, -0.2) is 57.9 Å². The fraction of sp³-hybridized carbons (Fsp3) is 0.350. The predicted octanol–water partition coefficient (Wildman–Crippen LogP) is 2.55. The molecular weight excluding hydrogens is 456 g/mol. The third-order valence-corrected chi connectivity index (χ3v) is 6.28. The molecule has 0 aliphatic carbocycles. The number of rotatable bonds is 5. The van der Waals surface area contributed by atoms with Crippen LogP contribution >= 0.6 is 27.3 Å². The van der Waals surface area contributed by atoms with E-state index in [4.69, 9.17) is 4.74 Å². The zero-order valence-corrected chi connectivity index (χ0v) is 18.4. The summed E-state index contributed by atoms with van der Waals surface area (Å²) in [4.78, 5) is 33.9. The highest BCUT2D eigenvalue weighted by molar-refractivity contribution is 9.10. The summed E-state index contributed by atoms with van der Waals surface area (Å²) in [5.41, 5.74) is 1.84. The van der Waals surface area contributed by atoms with E-state index in [1.807, 2.05) is 35.4 Å². The summed E-state index contributed by atoms with van der Waals surface area (Å²) >= 11 is 4.92. The number of benzene rings is 1. The highest BCUT2D eigenvalue weighted by Gasteiger charge is 2.22. The van der Waals surface area contributed by atoms with E-state index in [0.717, 1.165) is 28.8 Å². The van der Waals surface area contributed by atoms with Crippen molar-refractivity contribution >= 4 is 38.1 Å². The average molecular weight is 477 g/mol. The summed E-state index contributed by atoms with van der Waals surface area (Å²) in [6, 6.07) is 7.37. The first-order valence-electron chi connectivity index (χ1n) is 9.34. The molecule has 152 valence electrons. The maximum atomic E-state index is 12.5. The van der Waals surface area contributed by atoms with Gasteiger partial charge in [0.1, 0.15) is 5.75 Å². The van der Waals surface area contributed by atoms with Gasteiger partial charge in [-0.25, -0.2) is 4.98 Å². The van der Waals surface area contributed by atoms with Gasteiger partial charge in [0, 0.05) is 50.4 Å². The van der Waals surface area contributed by atoms with Crippen molar-refractivity contribution in [1.82, 2.24) is 19.2 Å². The number of hydrogen-bond donors (Lipinski definition) is 0. The number of halogens is 1. The molecule has 1 amide bonds. The minimum Gasteiger partial charge on any atom is -0.483 e. The second-order valence-electron chi connectivity index (χ2n) is 7.02. The molecule has 3 aromatic rings. The summed E-state index contributed by atoms with van der Waals surface area (Å²) in [5, 5.41) is 1.86. The van der Waals surface area contributed by atoms with Gasteiger partial charge in [-0.2, -0.15) is 0 Å². The number of nitrogens with zero attached hydrogens (tertiary/aromatic N) is 4. The summed E-state index contributed by atoms with van der Waals surface area (Å²) in [6.45, 7) is 5.39. The van der Waals surface area contributed by atoms with Crippen molar-refractivity contribution in [1.29, 1.82) is 0 Å². The largest absolute Gasteiger partial charge is 0.483 e. The molecular formula is C20H21BrN4O3S. The van der Waals surface area contributed by atoms with Crippen LogP contribution in [0.5, 0.6) is 5.75 Å². The van der Waals surface area contributed by atoms with Crippen LogP contribution in [0.1, 0.15) is 11.3 Å². The zero-order chi connectivity index (χ0) is 20.4. The lowest BCUT2D eigenvalue weighted by Gasteiger charge is -2.34. The molecule has 29 heavy (non-hydrogen) atoms. The highest BCUT2D eigenvalue weighted by Crippen LogP contribution is 2.25. The van der Waals surface area contributed by atoms with Gasteiger partial charge in [0.05, 0.1) is 10.2 Å². The Morgan fingerprint density at radius 3 is 2.79 bits per heavy atom. The zero-order valence-electron chi connectivity index (χ0n) is 16.0. The normalized spacial score (nSPS) is 15.0. The number of thiazole rings is 1. The van der Waals surface area contributed by atoms with Crippen LogP contribution in [0.2, 0.25) is 0 Å². The van der Waals surface area contributed by atoms with E-state index < -0.39 is 0 Å². The Hall–Kier alpha value is -2.23. The first-order chi connectivity index (χ1) is 14.0. The van der Waals surface area contributed by atoms with Crippen molar-refractivity contribution in [2.75, 3.05) is 32.8 Å². The fourth-order valence-electron chi connectivity index (χ4n) is 3.31. The van der Waals surface area contributed by atoms with Crippen molar-refractivity contribution in [2.24, 2.45) is 0 Å². The standard InChI is InChI=1S/C20H21BrN4O3S/c1-14-2-3-17(16(21)10-14)28-13-19(27)24-6-4-23(5-7-24)12-15-11-18(26)25-8-9-29-20(25)22-15/h2-3,8-11H,4-7,12-13H2,1H3. The maximum absolute atomic E-state index is 12.5. The molecule has 7 nitrogen and oxygen atoms in total. The van der Waals surface area contributed by atoms with Crippen LogP contribution < -0.4 is 10.3 Å². The average Bonchev–Trinajstić information content (AvgIpc) is 3.17. The first kappa shape index (κ1) is 20.1. The molecule has 0 unspecified atom stereocenters. The lowest BCUT2D eigenvalue weighted by atomic mass is 10.2. The second kappa shape index (κ2) is 8.64. The molecule has 1 aliphatic heterocycles. The van der Waals surface area contributed by atoms with E-state index in [-0.39, 0.29) is 18.1 Å². The van der Waals surface area contributed by atoms with Gasteiger partial charge in [0.25, 0.3) is 11.5 Å². The van der Waals surface area contributed by atoms with Gasteiger partial charge >= 0.3 is 0 Å². The number of aryl methyl sites for hydroxylation is 1. The topological polar surface area (TPSA) is 67.2 Å². The van der Waals surface area contributed by atoms with Crippen molar-refractivity contribution in [2.45, 2.75) is 13.5 Å². The lowest BCUT2D eigenvalue weighted by molar-refractivity contribution is -0.135. The maximum Gasteiger partial charge on any atom is 0.260 e. The molecule has 1 fully saturated rings. The van der Waals surface area contributed by atoms with E-state index in [2.05, 4.69) is 25.8 Å². The van der Waals surface area contributed by atoms with E-state index in [1.54, 1.807) is 16.7 Å². The Labute approximate surface area is 180 Å². The Morgan fingerprint density at radius 2 is 2.03 bits per heavy atom.